The molecule has 0 saturated carbocycles. The van der Waals surface area contributed by atoms with Crippen LogP contribution in [0.2, 0.25) is 0 Å². The number of benzene rings is 1. The first-order valence-corrected chi connectivity index (χ1v) is 4.55. The third-order valence-corrected chi connectivity index (χ3v) is 2.57. The van der Waals surface area contributed by atoms with Crippen molar-refractivity contribution in [3.05, 3.63) is 36.4 Å². The van der Waals surface area contributed by atoms with Gasteiger partial charge in [0.05, 0.1) is 6.54 Å². The van der Waals surface area contributed by atoms with E-state index in [-0.39, 0.29) is 0 Å². The molecule has 1 aromatic rings. The maximum atomic E-state index is 4.09. The van der Waals surface area contributed by atoms with Crippen LogP contribution in [-0.2, 0) is 6.42 Å². The summed E-state index contributed by atoms with van der Waals surface area (Å²) in [6.07, 6.45) is 2.51. The number of nitrogens with one attached hydrogen (secondary N) is 1. The summed E-state index contributed by atoms with van der Waals surface area (Å²) in [6, 6.07) is 6.68. The molecule has 12 heavy (non-hydrogen) atoms. The quantitative estimate of drug-likeness (QED) is 0.546. The third kappa shape index (κ3) is 1.25. The van der Waals surface area contributed by atoms with E-state index in [1.165, 1.54) is 41.1 Å². The summed E-state index contributed by atoms with van der Waals surface area (Å²) in [4.78, 5) is 1.32. The predicted octanol–water partition coefficient (Wildman–Crippen LogP) is 1.25. The fourth-order valence-corrected chi connectivity index (χ4v) is 1.90. The Morgan fingerprint density at radius 3 is 3.08 bits per heavy atom. The van der Waals surface area contributed by atoms with Crippen molar-refractivity contribution in [1.82, 2.24) is 0 Å². The van der Waals surface area contributed by atoms with Crippen molar-refractivity contribution in [3.8, 4) is 0 Å². The Morgan fingerprint density at radius 2 is 2.25 bits per heavy atom. The molecule has 1 heteroatoms. The highest BCUT2D eigenvalue weighted by molar-refractivity contribution is 5.43. The summed E-state index contributed by atoms with van der Waals surface area (Å²) in [5.41, 5.74) is 4.25. The first kappa shape index (κ1) is 7.81. The van der Waals surface area contributed by atoms with E-state index in [0.717, 1.165) is 0 Å². The average molecular weight is 161 g/mol. The van der Waals surface area contributed by atoms with E-state index < -0.39 is 0 Å². The van der Waals surface area contributed by atoms with Crippen molar-refractivity contribution in [3.63, 3.8) is 0 Å². The Morgan fingerprint density at radius 1 is 1.42 bits per heavy atom. The minimum Gasteiger partial charge on any atom is -0.435 e. The third-order valence-electron chi connectivity index (χ3n) is 2.57. The van der Waals surface area contributed by atoms with Crippen molar-refractivity contribution in [1.29, 1.82) is 0 Å². The van der Waals surface area contributed by atoms with E-state index in [2.05, 4.69) is 32.2 Å². The zero-order valence-electron chi connectivity index (χ0n) is 7.56. The van der Waals surface area contributed by atoms with Crippen LogP contribution < -0.4 is 4.90 Å². The van der Waals surface area contributed by atoms with Crippen LogP contribution in [0.15, 0.2) is 18.2 Å². The summed E-state index contributed by atoms with van der Waals surface area (Å²) >= 11 is 0. The Hall–Kier alpha value is -0.820. The van der Waals surface area contributed by atoms with Crippen molar-refractivity contribution in [2.45, 2.75) is 19.8 Å². The van der Waals surface area contributed by atoms with Crippen LogP contribution in [0.25, 0.3) is 0 Å². The molecule has 0 aromatic heterocycles. The van der Waals surface area contributed by atoms with Gasteiger partial charge in [-0.3, -0.25) is 0 Å². The molecule has 0 bridgehead atoms. The number of hydrogen-bond donors (Lipinski definition) is 1. The van der Waals surface area contributed by atoms with Crippen LogP contribution in [0.3, 0.4) is 0 Å². The van der Waals surface area contributed by atoms with E-state index in [1.807, 2.05) is 0 Å². The number of rotatable bonds is 0. The van der Waals surface area contributed by atoms with E-state index in [4.69, 9.17) is 0 Å². The molecule has 0 radical (unpaired) electrons. The normalized spacial score (nSPS) is 22.0. The first-order chi connectivity index (χ1) is 5.77. The van der Waals surface area contributed by atoms with Crippen LogP contribution >= 0.6 is 0 Å². The van der Waals surface area contributed by atoms with Crippen molar-refractivity contribution >= 4 is 5.69 Å². The number of fused-ring (bicyclic) bond motifs is 1. The molecule has 64 valence electrons. The second-order valence-electron chi connectivity index (χ2n) is 3.62. The molecule has 2 rings (SSSR count). The lowest BCUT2D eigenvalue weighted by molar-refractivity contribution is -0.785. The second kappa shape index (κ2) is 2.91. The van der Waals surface area contributed by atoms with Gasteiger partial charge < -0.3 is 4.90 Å². The summed E-state index contributed by atoms with van der Waals surface area (Å²) in [5, 5.41) is 0. The molecule has 1 N–H and O–H groups in total. The fraction of sp³-hybridized carbons (Fsp3) is 0.364. The first-order valence-electron chi connectivity index (χ1n) is 4.55. The Labute approximate surface area is 74.0 Å². The summed E-state index contributed by atoms with van der Waals surface area (Å²) in [5.74, 6) is 0. The molecule has 0 amide bonds. The highest BCUT2D eigenvalue weighted by Crippen LogP contribution is 2.17. The molecular weight excluding hydrogens is 146 g/mol. The topological polar surface area (TPSA) is 4.44 Å². The molecule has 0 spiro atoms. The van der Waals surface area contributed by atoms with Gasteiger partial charge in [0, 0.05) is 5.56 Å². The minimum atomic E-state index is 1.18. The Balaban J connectivity index is 2.46. The maximum absolute atomic E-state index is 4.09. The zero-order chi connectivity index (χ0) is 8.55. The van der Waals surface area contributed by atoms with Crippen molar-refractivity contribution in [2.75, 3.05) is 6.54 Å². The van der Waals surface area contributed by atoms with Crippen LogP contribution in [0, 0.1) is 14.0 Å². The largest absolute Gasteiger partial charge is 0.435 e. The molecule has 0 saturated heterocycles. The second-order valence-corrected chi connectivity index (χ2v) is 3.62. The molecule has 1 atom stereocenters. The van der Waals surface area contributed by atoms with Gasteiger partial charge >= 0.3 is 0 Å². The minimum absolute atomic E-state index is 1.18. The molecule has 1 nitrogen and oxygen atoms in total. The lowest BCUT2D eigenvalue weighted by Crippen LogP contribution is -3.02. The van der Waals surface area contributed by atoms with E-state index in [9.17, 15) is 0 Å². The van der Waals surface area contributed by atoms with Crippen LogP contribution in [-0.4, -0.2) is 6.54 Å². The summed E-state index contributed by atoms with van der Waals surface area (Å²) < 4.78 is 0. The van der Waals surface area contributed by atoms with Gasteiger partial charge in [-0.1, -0.05) is 17.7 Å². The number of aryl methyl sites for hydroxylation is 2. The highest BCUT2D eigenvalue weighted by Gasteiger charge is 2.13. The molecule has 1 heterocycles. The molecule has 1 aromatic carbocycles. The lowest BCUT2D eigenvalue weighted by atomic mass is 10.0. The Kier molecular flexibility index (Phi) is 1.89. The monoisotopic (exact) mass is 161 g/mol. The molecule has 1 aliphatic rings. The van der Waals surface area contributed by atoms with Gasteiger partial charge in [0.1, 0.15) is 5.69 Å². The highest BCUT2D eigenvalue weighted by atomic mass is 15.1. The Bertz CT molecular complexity index is 291. The van der Waals surface area contributed by atoms with Gasteiger partial charge in [-0.25, -0.2) is 0 Å². The lowest BCUT2D eigenvalue weighted by Gasteiger charge is -2.27. The van der Waals surface area contributed by atoms with Gasteiger partial charge in [0.15, 0.2) is 0 Å². The number of hydrogen-bond acceptors (Lipinski definition) is 0. The molecule has 0 aliphatic carbocycles. The van der Waals surface area contributed by atoms with Crippen molar-refractivity contribution in [2.24, 2.45) is 0 Å². The predicted molar refractivity (Wildman–Crippen MR) is 50.3 cm³/mol. The van der Waals surface area contributed by atoms with E-state index >= 15 is 0 Å². The van der Waals surface area contributed by atoms with Gasteiger partial charge in [0.2, 0.25) is 0 Å². The van der Waals surface area contributed by atoms with Gasteiger partial charge in [-0.2, -0.15) is 0 Å². The maximum Gasteiger partial charge on any atom is 0.108 e. The average Bonchev–Trinajstić information content (AvgIpc) is 2.04. The summed E-state index contributed by atoms with van der Waals surface area (Å²) in [6.45, 7) is 3.33. The number of quaternary nitrogens is 1. The van der Waals surface area contributed by atoms with Gasteiger partial charge in [-0.15, -0.1) is 7.05 Å². The molecule has 1 aliphatic heterocycles. The van der Waals surface area contributed by atoms with Gasteiger partial charge in [0.25, 0.3) is 0 Å². The summed E-state index contributed by atoms with van der Waals surface area (Å²) in [7, 11) is 4.09. The standard InChI is InChI=1S/C11H15N/c1-9-5-6-11-10(8-9)4-3-7-12(11)2/h5-6,8,12H,2-4,7H2,1H3. The van der Waals surface area contributed by atoms with Gasteiger partial charge in [-0.05, 0) is 25.8 Å². The molecule has 1 unspecified atom stereocenters. The van der Waals surface area contributed by atoms with Crippen LogP contribution in [0.4, 0.5) is 5.69 Å². The van der Waals surface area contributed by atoms with Crippen LogP contribution in [0.5, 0.6) is 0 Å². The van der Waals surface area contributed by atoms with Crippen molar-refractivity contribution < 1.29 is 4.90 Å². The van der Waals surface area contributed by atoms with Crippen LogP contribution in [0.1, 0.15) is 17.5 Å². The molecular formula is C11H15N. The SMILES string of the molecule is [CH2-][NH+]1CCCc2cc(C)ccc21. The fourth-order valence-electron chi connectivity index (χ4n) is 1.90. The van der Waals surface area contributed by atoms with E-state index in [1.54, 1.807) is 0 Å². The zero-order valence-corrected chi connectivity index (χ0v) is 7.56. The van der Waals surface area contributed by atoms with E-state index in [0.29, 0.717) is 0 Å². The smallest absolute Gasteiger partial charge is 0.108 e. The molecule has 0 fully saturated rings.